The van der Waals surface area contributed by atoms with Crippen LogP contribution >= 0.6 is 0 Å². The number of carbonyl (C=O) groups is 1. The molecular formula is C23H32N3O3S+. The maximum atomic E-state index is 13.0. The van der Waals surface area contributed by atoms with E-state index in [0.29, 0.717) is 37.0 Å². The van der Waals surface area contributed by atoms with Crippen molar-refractivity contribution in [1.82, 2.24) is 4.31 Å². The van der Waals surface area contributed by atoms with Crippen molar-refractivity contribution in [2.75, 3.05) is 38.1 Å². The van der Waals surface area contributed by atoms with Crippen molar-refractivity contribution in [2.24, 2.45) is 0 Å². The third-order valence-corrected chi connectivity index (χ3v) is 7.92. The fraction of sp³-hybridized carbons (Fsp3) is 0.435. The number of amides is 1. The summed E-state index contributed by atoms with van der Waals surface area (Å²) in [5.74, 6) is 0.402. The van der Waals surface area contributed by atoms with Gasteiger partial charge in [-0.3, -0.25) is 4.79 Å². The Bertz CT molecular complexity index is 951. The number of carbonyl (C=O) groups excluding carboxylic acids is 1. The van der Waals surface area contributed by atoms with Gasteiger partial charge >= 0.3 is 0 Å². The Kier molecular flexibility index (Phi) is 6.95. The Balaban J connectivity index is 1.62. The van der Waals surface area contributed by atoms with Crippen molar-refractivity contribution >= 4 is 21.6 Å². The molecule has 0 bridgehead atoms. The smallest absolute Gasteiger partial charge is 0.284 e. The highest BCUT2D eigenvalue weighted by Crippen LogP contribution is 2.20. The average Bonchev–Trinajstić information content (AvgIpc) is 2.78. The third-order valence-electron chi connectivity index (χ3n) is 6.01. The monoisotopic (exact) mass is 430 g/mol. The lowest BCUT2D eigenvalue weighted by molar-refractivity contribution is -0.917. The van der Waals surface area contributed by atoms with Crippen molar-refractivity contribution in [3.8, 4) is 0 Å². The summed E-state index contributed by atoms with van der Waals surface area (Å²) in [6.07, 6.45) is 0. The first-order chi connectivity index (χ1) is 14.2. The molecule has 7 heteroatoms. The van der Waals surface area contributed by atoms with Crippen molar-refractivity contribution in [3.05, 3.63) is 60.2 Å². The zero-order chi connectivity index (χ0) is 21.9. The number of quaternary nitrogens is 1. The Morgan fingerprint density at radius 1 is 0.967 bits per heavy atom. The molecule has 6 nitrogen and oxygen atoms in total. The van der Waals surface area contributed by atoms with Crippen LogP contribution in [-0.2, 0) is 14.8 Å². The number of piperazine rings is 1. The van der Waals surface area contributed by atoms with Crippen molar-refractivity contribution in [2.45, 2.75) is 37.6 Å². The van der Waals surface area contributed by atoms with Crippen molar-refractivity contribution in [3.63, 3.8) is 0 Å². The molecule has 0 radical (unpaired) electrons. The summed E-state index contributed by atoms with van der Waals surface area (Å²) in [6, 6.07) is 16.5. The van der Waals surface area contributed by atoms with Crippen LogP contribution in [0.5, 0.6) is 0 Å². The number of anilines is 1. The number of benzene rings is 2. The number of rotatable bonds is 6. The van der Waals surface area contributed by atoms with Gasteiger partial charge in [-0.2, -0.15) is 4.31 Å². The van der Waals surface area contributed by atoms with Gasteiger partial charge in [0.25, 0.3) is 5.91 Å². The lowest BCUT2D eigenvalue weighted by Crippen LogP contribution is -3.19. The molecule has 1 aliphatic heterocycles. The first-order valence-electron chi connectivity index (χ1n) is 10.5. The molecule has 30 heavy (non-hydrogen) atoms. The Morgan fingerprint density at radius 3 is 2.07 bits per heavy atom. The van der Waals surface area contributed by atoms with Gasteiger partial charge in [-0.1, -0.05) is 44.2 Å². The van der Waals surface area contributed by atoms with E-state index < -0.39 is 10.0 Å². The van der Waals surface area contributed by atoms with Gasteiger partial charge < -0.3 is 9.80 Å². The van der Waals surface area contributed by atoms with Crippen LogP contribution in [0, 0.1) is 0 Å². The highest BCUT2D eigenvalue weighted by molar-refractivity contribution is 7.89. The van der Waals surface area contributed by atoms with Gasteiger partial charge in [0.05, 0.1) is 31.1 Å². The van der Waals surface area contributed by atoms with Gasteiger partial charge in [-0.15, -0.1) is 0 Å². The number of nitrogens with zero attached hydrogens (tertiary/aromatic N) is 2. The number of para-hydroxylation sites is 1. The number of hydrogen-bond donors (Lipinski definition) is 1. The summed E-state index contributed by atoms with van der Waals surface area (Å²) >= 11 is 0. The average molecular weight is 431 g/mol. The molecule has 0 unspecified atom stereocenters. The molecule has 2 aromatic rings. The lowest BCUT2D eigenvalue weighted by atomic mass is 10.0. The normalized spacial score (nSPS) is 17.1. The second-order valence-corrected chi connectivity index (χ2v) is 10.2. The first-order valence-corrected chi connectivity index (χ1v) is 11.9. The Morgan fingerprint density at radius 2 is 1.53 bits per heavy atom. The van der Waals surface area contributed by atoms with E-state index in [1.54, 1.807) is 28.4 Å². The molecule has 1 saturated heterocycles. The van der Waals surface area contributed by atoms with E-state index in [9.17, 15) is 13.2 Å². The summed E-state index contributed by atoms with van der Waals surface area (Å²) in [6.45, 7) is 8.14. The van der Waals surface area contributed by atoms with E-state index in [-0.39, 0.29) is 11.9 Å². The van der Waals surface area contributed by atoms with Gasteiger partial charge in [-0.25, -0.2) is 8.42 Å². The molecule has 0 saturated carbocycles. The zero-order valence-electron chi connectivity index (χ0n) is 18.2. The van der Waals surface area contributed by atoms with Gasteiger partial charge in [0.1, 0.15) is 0 Å². The Labute approximate surface area is 180 Å². The SMILES string of the molecule is CC(C)c1ccc(S(=O)(=O)N2CC[NH+]([C@@H](C)C(=O)N(C)c3ccccc3)CC2)cc1. The zero-order valence-corrected chi connectivity index (χ0v) is 19.0. The number of sulfonamides is 1. The van der Waals surface area contributed by atoms with Crippen LogP contribution in [0.15, 0.2) is 59.5 Å². The fourth-order valence-electron chi connectivity index (χ4n) is 3.86. The predicted molar refractivity (Wildman–Crippen MR) is 119 cm³/mol. The summed E-state index contributed by atoms with van der Waals surface area (Å²) in [4.78, 5) is 16.0. The molecule has 2 aromatic carbocycles. The minimum atomic E-state index is -3.51. The second kappa shape index (κ2) is 9.29. The molecule has 3 rings (SSSR count). The topological polar surface area (TPSA) is 62.1 Å². The van der Waals surface area contributed by atoms with Crippen LogP contribution in [-0.4, -0.2) is 57.9 Å². The third kappa shape index (κ3) is 4.74. The highest BCUT2D eigenvalue weighted by Gasteiger charge is 2.35. The van der Waals surface area contributed by atoms with Crippen molar-refractivity contribution < 1.29 is 18.1 Å². The Hall–Kier alpha value is -2.22. The van der Waals surface area contributed by atoms with Gasteiger partial charge in [0, 0.05) is 12.7 Å². The molecule has 1 heterocycles. The summed E-state index contributed by atoms with van der Waals surface area (Å²) in [5, 5.41) is 0. The predicted octanol–water partition coefficient (Wildman–Crippen LogP) is 1.75. The molecule has 0 spiro atoms. The van der Waals surface area contributed by atoms with Gasteiger partial charge in [0.2, 0.25) is 10.0 Å². The molecule has 162 valence electrons. The molecule has 1 fully saturated rings. The van der Waals surface area contributed by atoms with Crippen LogP contribution in [0.3, 0.4) is 0 Å². The number of nitrogens with one attached hydrogen (secondary N) is 1. The molecule has 0 aromatic heterocycles. The van der Waals surface area contributed by atoms with E-state index in [0.717, 1.165) is 16.2 Å². The molecule has 0 aliphatic carbocycles. The molecule has 1 atom stereocenters. The first kappa shape index (κ1) is 22.5. The van der Waals surface area contributed by atoms with E-state index in [4.69, 9.17) is 0 Å². The number of likely N-dealkylation sites (N-methyl/N-ethyl adjacent to an activating group) is 1. The minimum Gasteiger partial charge on any atom is -0.323 e. The summed E-state index contributed by atoms with van der Waals surface area (Å²) in [5.41, 5.74) is 1.98. The summed E-state index contributed by atoms with van der Waals surface area (Å²) < 4.78 is 27.6. The van der Waals surface area contributed by atoms with Gasteiger partial charge in [0.15, 0.2) is 6.04 Å². The number of hydrogen-bond acceptors (Lipinski definition) is 3. The van der Waals surface area contributed by atoms with Crippen LogP contribution in [0.1, 0.15) is 32.3 Å². The van der Waals surface area contributed by atoms with E-state index in [1.165, 1.54) is 0 Å². The molecule has 1 aliphatic rings. The van der Waals surface area contributed by atoms with Crippen LogP contribution in [0.25, 0.3) is 0 Å². The molecule has 1 amide bonds. The summed E-state index contributed by atoms with van der Waals surface area (Å²) in [7, 11) is -1.72. The maximum absolute atomic E-state index is 13.0. The van der Waals surface area contributed by atoms with Crippen LogP contribution in [0.2, 0.25) is 0 Å². The van der Waals surface area contributed by atoms with Crippen LogP contribution in [0.4, 0.5) is 5.69 Å². The lowest BCUT2D eigenvalue weighted by Gasteiger charge is -2.35. The van der Waals surface area contributed by atoms with E-state index >= 15 is 0 Å². The van der Waals surface area contributed by atoms with Crippen LogP contribution < -0.4 is 9.80 Å². The molecule has 1 N–H and O–H groups in total. The van der Waals surface area contributed by atoms with E-state index in [2.05, 4.69) is 13.8 Å². The largest absolute Gasteiger partial charge is 0.323 e. The fourth-order valence-corrected chi connectivity index (χ4v) is 5.31. The van der Waals surface area contributed by atoms with E-state index in [1.807, 2.05) is 49.4 Å². The quantitative estimate of drug-likeness (QED) is 0.760. The second-order valence-electron chi connectivity index (χ2n) is 8.24. The van der Waals surface area contributed by atoms with Crippen molar-refractivity contribution in [1.29, 1.82) is 0 Å². The standard InChI is InChI=1S/C23H31N3O3S/c1-18(2)20-10-12-22(13-11-20)30(28,29)26-16-14-25(15-17-26)19(3)23(27)24(4)21-8-6-5-7-9-21/h5-13,18-19H,14-17H2,1-4H3/p+1/t19-/m0/s1. The van der Waals surface area contributed by atoms with Gasteiger partial charge in [-0.05, 0) is 42.7 Å². The maximum Gasteiger partial charge on any atom is 0.284 e. The molecular weight excluding hydrogens is 398 g/mol. The minimum absolute atomic E-state index is 0.0387. The highest BCUT2D eigenvalue weighted by atomic mass is 32.2.